The van der Waals surface area contributed by atoms with Crippen LogP contribution in [0, 0.1) is 0 Å². The van der Waals surface area contributed by atoms with Crippen molar-refractivity contribution < 1.29 is 0 Å². The molecular formula is C43H27N5. The highest BCUT2D eigenvalue weighted by molar-refractivity contribution is 6.21. The Kier molecular flexibility index (Phi) is 5.81. The van der Waals surface area contributed by atoms with Crippen molar-refractivity contribution in [2.24, 2.45) is 0 Å². The summed E-state index contributed by atoms with van der Waals surface area (Å²) in [7, 11) is 0. The normalized spacial score (nSPS) is 11.8. The molecule has 0 unspecified atom stereocenters. The van der Waals surface area contributed by atoms with Crippen molar-refractivity contribution in [2.45, 2.75) is 0 Å². The third-order valence-electron chi connectivity index (χ3n) is 9.28. The van der Waals surface area contributed by atoms with Gasteiger partial charge in [-0.05, 0) is 36.4 Å². The Labute approximate surface area is 276 Å². The Balaban J connectivity index is 1.27. The molecule has 224 valence electrons. The molecule has 0 aliphatic rings. The van der Waals surface area contributed by atoms with Gasteiger partial charge >= 0.3 is 0 Å². The molecule has 0 N–H and O–H groups in total. The molecule has 5 nitrogen and oxygen atoms in total. The van der Waals surface area contributed by atoms with Crippen molar-refractivity contribution in [3.8, 4) is 39.6 Å². The molecule has 0 saturated carbocycles. The van der Waals surface area contributed by atoms with Crippen LogP contribution >= 0.6 is 0 Å². The fourth-order valence-corrected chi connectivity index (χ4v) is 7.16. The zero-order valence-electron chi connectivity index (χ0n) is 25.8. The topological polar surface area (TPSA) is 48.0 Å². The van der Waals surface area contributed by atoms with E-state index >= 15 is 0 Å². The molecule has 0 aliphatic heterocycles. The van der Waals surface area contributed by atoms with Crippen molar-refractivity contribution in [1.82, 2.24) is 23.9 Å². The fourth-order valence-electron chi connectivity index (χ4n) is 7.16. The minimum absolute atomic E-state index is 0.686. The fraction of sp³-hybridized carbons (Fsp3) is 0. The van der Waals surface area contributed by atoms with E-state index in [1.807, 2.05) is 36.4 Å². The number of imidazole rings is 1. The van der Waals surface area contributed by atoms with Crippen LogP contribution in [0.1, 0.15) is 0 Å². The molecule has 0 amide bonds. The Morgan fingerprint density at radius 1 is 0.396 bits per heavy atom. The minimum atomic E-state index is 0.686. The van der Waals surface area contributed by atoms with Crippen molar-refractivity contribution in [2.75, 3.05) is 0 Å². The molecule has 4 heterocycles. The molecular weight excluding hydrogens is 587 g/mol. The summed E-state index contributed by atoms with van der Waals surface area (Å²) in [5, 5.41) is 3.45. The Bertz CT molecular complexity index is 2770. The summed E-state index contributed by atoms with van der Waals surface area (Å²) in [5.74, 6) is 0.686. The quantitative estimate of drug-likeness (QED) is 0.198. The van der Waals surface area contributed by atoms with E-state index in [1.54, 1.807) is 0 Å². The molecule has 0 atom stereocenters. The number of nitrogens with zero attached hydrogens (tertiary/aromatic N) is 5. The summed E-state index contributed by atoms with van der Waals surface area (Å²) in [6.07, 6.45) is 0. The Morgan fingerprint density at radius 2 is 0.979 bits per heavy atom. The second kappa shape index (κ2) is 10.5. The molecule has 0 aliphatic carbocycles. The maximum atomic E-state index is 5.14. The van der Waals surface area contributed by atoms with Gasteiger partial charge in [-0.2, -0.15) is 0 Å². The highest BCUT2D eigenvalue weighted by Crippen LogP contribution is 2.40. The summed E-state index contributed by atoms with van der Waals surface area (Å²) in [5.41, 5.74) is 12.4. The van der Waals surface area contributed by atoms with Crippen LogP contribution in [0.15, 0.2) is 164 Å². The van der Waals surface area contributed by atoms with E-state index in [1.165, 1.54) is 5.39 Å². The average Bonchev–Trinajstić information content (AvgIpc) is 3.72. The lowest BCUT2D eigenvalue weighted by molar-refractivity contribution is 1.16. The third-order valence-corrected chi connectivity index (χ3v) is 9.28. The van der Waals surface area contributed by atoms with E-state index in [9.17, 15) is 0 Å². The van der Waals surface area contributed by atoms with E-state index in [0.29, 0.717) is 5.82 Å². The van der Waals surface area contributed by atoms with E-state index in [-0.39, 0.29) is 0 Å². The van der Waals surface area contributed by atoms with Crippen LogP contribution in [0.2, 0.25) is 0 Å². The maximum absolute atomic E-state index is 5.14. The largest absolute Gasteiger partial charge is 0.307 e. The molecule has 10 aromatic rings. The lowest BCUT2D eigenvalue weighted by atomic mass is 10.1. The van der Waals surface area contributed by atoms with Crippen molar-refractivity contribution in [3.05, 3.63) is 164 Å². The number of aromatic nitrogens is 5. The van der Waals surface area contributed by atoms with Crippen LogP contribution in [0.3, 0.4) is 0 Å². The standard InChI is InChI=1S/C43H27N5/c1-3-14-28(15-4-1)36-27-37(29-16-5-2-6-17-29)45-42(44-36)30-18-13-19-31(26-30)47-38-24-11-9-22-34(38)41-40(47)32-20-7-8-21-33(32)43-46-35-23-10-12-25-39(35)48(41)43/h1-27H. The van der Waals surface area contributed by atoms with Gasteiger partial charge in [0.25, 0.3) is 0 Å². The molecule has 10 rings (SSSR count). The van der Waals surface area contributed by atoms with E-state index in [4.69, 9.17) is 15.0 Å². The number of para-hydroxylation sites is 3. The van der Waals surface area contributed by atoms with Gasteiger partial charge in [0, 0.05) is 38.5 Å². The van der Waals surface area contributed by atoms with Gasteiger partial charge in [0.1, 0.15) is 5.65 Å². The van der Waals surface area contributed by atoms with Crippen LogP contribution in [-0.2, 0) is 0 Å². The molecule has 0 spiro atoms. The molecule has 6 aromatic carbocycles. The van der Waals surface area contributed by atoms with E-state index < -0.39 is 0 Å². The first-order chi connectivity index (χ1) is 23.8. The predicted octanol–water partition coefficient (Wildman–Crippen LogP) is 10.5. The third kappa shape index (κ3) is 4.01. The summed E-state index contributed by atoms with van der Waals surface area (Å²) in [6, 6.07) is 57.0. The smallest absolute Gasteiger partial charge is 0.160 e. The van der Waals surface area contributed by atoms with Crippen LogP contribution in [-0.4, -0.2) is 23.9 Å². The first-order valence-electron chi connectivity index (χ1n) is 16.1. The monoisotopic (exact) mass is 613 g/mol. The highest BCUT2D eigenvalue weighted by Gasteiger charge is 2.21. The van der Waals surface area contributed by atoms with Gasteiger partial charge in [0.2, 0.25) is 0 Å². The molecule has 0 radical (unpaired) electrons. The van der Waals surface area contributed by atoms with Crippen molar-refractivity contribution in [1.29, 1.82) is 0 Å². The summed E-state index contributed by atoms with van der Waals surface area (Å²) in [6.45, 7) is 0. The number of hydrogen-bond acceptors (Lipinski definition) is 3. The first-order valence-corrected chi connectivity index (χ1v) is 16.1. The van der Waals surface area contributed by atoms with Crippen LogP contribution in [0.4, 0.5) is 0 Å². The molecule has 0 fully saturated rings. The summed E-state index contributed by atoms with van der Waals surface area (Å²) < 4.78 is 4.73. The molecule has 4 aromatic heterocycles. The molecule has 48 heavy (non-hydrogen) atoms. The van der Waals surface area contributed by atoms with Gasteiger partial charge in [-0.3, -0.25) is 4.40 Å². The second-order valence-electron chi connectivity index (χ2n) is 12.1. The van der Waals surface area contributed by atoms with Gasteiger partial charge < -0.3 is 4.57 Å². The number of rotatable bonds is 4. The van der Waals surface area contributed by atoms with Gasteiger partial charge in [-0.15, -0.1) is 0 Å². The van der Waals surface area contributed by atoms with Gasteiger partial charge in [0.15, 0.2) is 5.82 Å². The molecule has 5 heteroatoms. The van der Waals surface area contributed by atoms with Gasteiger partial charge in [-0.1, -0.05) is 127 Å². The zero-order valence-corrected chi connectivity index (χ0v) is 25.8. The molecule has 0 bridgehead atoms. The summed E-state index contributed by atoms with van der Waals surface area (Å²) in [4.78, 5) is 15.4. The van der Waals surface area contributed by atoms with E-state index in [0.717, 1.165) is 77.8 Å². The summed E-state index contributed by atoms with van der Waals surface area (Å²) >= 11 is 0. The number of benzene rings is 6. The zero-order chi connectivity index (χ0) is 31.6. The van der Waals surface area contributed by atoms with Gasteiger partial charge in [-0.25, -0.2) is 15.0 Å². The van der Waals surface area contributed by atoms with Crippen LogP contribution in [0.5, 0.6) is 0 Å². The van der Waals surface area contributed by atoms with Gasteiger partial charge in [0.05, 0.1) is 39.0 Å². The Morgan fingerprint density at radius 3 is 1.71 bits per heavy atom. The van der Waals surface area contributed by atoms with Crippen LogP contribution in [0.25, 0.3) is 89.0 Å². The minimum Gasteiger partial charge on any atom is -0.307 e. The molecule has 0 saturated heterocycles. The number of fused-ring (bicyclic) bond motifs is 10. The lowest BCUT2D eigenvalue weighted by Gasteiger charge is -2.13. The van der Waals surface area contributed by atoms with Crippen molar-refractivity contribution >= 4 is 49.4 Å². The first kappa shape index (κ1) is 26.6. The SMILES string of the molecule is c1ccc(-c2cc(-c3ccccc3)nc(-c3cccc(-n4c5ccccc5c5c4c4ccccc4c4nc6ccccc6n45)c3)n2)cc1. The lowest BCUT2D eigenvalue weighted by Crippen LogP contribution is -1.99. The Hall–Kier alpha value is -6.59. The maximum Gasteiger partial charge on any atom is 0.160 e. The van der Waals surface area contributed by atoms with Crippen LogP contribution < -0.4 is 0 Å². The number of hydrogen-bond donors (Lipinski definition) is 0. The number of pyridine rings is 1. The second-order valence-corrected chi connectivity index (χ2v) is 12.1. The van der Waals surface area contributed by atoms with Crippen molar-refractivity contribution in [3.63, 3.8) is 0 Å². The van der Waals surface area contributed by atoms with E-state index in [2.05, 4.69) is 136 Å². The predicted molar refractivity (Wildman–Crippen MR) is 196 cm³/mol. The average molecular weight is 614 g/mol. The highest BCUT2D eigenvalue weighted by atomic mass is 15.1.